The lowest BCUT2D eigenvalue weighted by Gasteiger charge is -2.34. The van der Waals surface area contributed by atoms with Crippen LogP contribution in [-0.2, 0) is 5.41 Å². The third kappa shape index (κ3) is 2.34. The quantitative estimate of drug-likeness (QED) is 0.817. The number of hydrogen-bond acceptors (Lipinski definition) is 1. The Hall–Kier alpha value is -0.960. The predicted molar refractivity (Wildman–Crippen MR) is 58.1 cm³/mol. The van der Waals surface area contributed by atoms with E-state index in [1.165, 1.54) is 0 Å². The average molecular weight is 213 g/mol. The smallest absolute Gasteiger partial charge is 0.258 e. The molecular weight excluding hydrogens is 196 g/mol. The first kappa shape index (κ1) is 12.1. The van der Waals surface area contributed by atoms with Gasteiger partial charge in [-0.2, -0.15) is 0 Å². The summed E-state index contributed by atoms with van der Waals surface area (Å²) in [4.78, 5) is 0. The van der Waals surface area contributed by atoms with E-state index in [0.717, 1.165) is 0 Å². The van der Waals surface area contributed by atoms with Crippen molar-refractivity contribution < 1.29 is 8.78 Å². The van der Waals surface area contributed by atoms with Crippen LogP contribution >= 0.6 is 0 Å². The lowest BCUT2D eigenvalue weighted by Crippen LogP contribution is -2.41. The Morgan fingerprint density at radius 1 is 1.13 bits per heavy atom. The van der Waals surface area contributed by atoms with E-state index in [9.17, 15) is 8.78 Å². The molecule has 0 atom stereocenters. The van der Waals surface area contributed by atoms with Crippen molar-refractivity contribution in [2.45, 2.75) is 31.6 Å². The second-order valence-corrected chi connectivity index (χ2v) is 4.23. The summed E-state index contributed by atoms with van der Waals surface area (Å²) in [5, 5.41) is 0. The van der Waals surface area contributed by atoms with Crippen molar-refractivity contribution in [3.63, 3.8) is 0 Å². The molecule has 15 heavy (non-hydrogen) atoms. The first-order valence-electron chi connectivity index (χ1n) is 5.05. The highest BCUT2D eigenvalue weighted by atomic mass is 19.3. The van der Waals surface area contributed by atoms with Gasteiger partial charge in [-0.05, 0) is 12.1 Å². The van der Waals surface area contributed by atoms with Gasteiger partial charge >= 0.3 is 0 Å². The van der Waals surface area contributed by atoms with Gasteiger partial charge in [0.15, 0.2) is 0 Å². The molecule has 1 rings (SSSR count). The molecule has 0 saturated heterocycles. The van der Waals surface area contributed by atoms with Crippen molar-refractivity contribution in [1.29, 1.82) is 0 Å². The fraction of sp³-hybridized carbons (Fsp3) is 0.500. The zero-order valence-corrected chi connectivity index (χ0v) is 9.13. The van der Waals surface area contributed by atoms with Gasteiger partial charge in [-0.3, -0.25) is 0 Å². The molecule has 0 saturated carbocycles. The molecule has 1 aromatic rings. The first-order chi connectivity index (χ1) is 6.92. The highest BCUT2D eigenvalue weighted by molar-refractivity contribution is 5.26. The molecule has 0 aliphatic heterocycles. The summed E-state index contributed by atoms with van der Waals surface area (Å²) < 4.78 is 27.6. The van der Waals surface area contributed by atoms with Gasteiger partial charge in [0.2, 0.25) is 0 Å². The van der Waals surface area contributed by atoms with Crippen LogP contribution in [0.3, 0.4) is 0 Å². The molecule has 2 N–H and O–H groups in total. The van der Waals surface area contributed by atoms with E-state index >= 15 is 0 Å². The van der Waals surface area contributed by atoms with Gasteiger partial charge in [0.1, 0.15) is 0 Å². The zero-order valence-electron chi connectivity index (χ0n) is 9.13. The summed E-state index contributed by atoms with van der Waals surface area (Å²) in [5.41, 5.74) is 4.68. The van der Waals surface area contributed by atoms with Gasteiger partial charge < -0.3 is 5.73 Å². The third-order valence-corrected chi connectivity index (χ3v) is 2.87. The minimum absolute atomic E-state index is 0.00324. The maximum Gasteiger partial charge on any atom is 0.258 e. The molecule has 0 unspecified atom stereocenters. The Morgan fingerprint density at radius 2 is 1.67 bits per heavy atom. The third-order valence-electron chi connectivity index (χ3n) is 2.87. The minimum atomic E-state index is -2.77. The van der Waals surface area contributed by atoms with Gasteiger partial charge in [-0.25, -0.2) is 8.78 Å². The van der Waals surface area contributed by atoms with Gasteiger partial charge in [0.25, 0.3) is 5.92 Å². The maximum absolute atomic E-state index is 13.8. The first-order valence-corrected chi connectivity index (χ1v) is 5.05. The van der Waals surface area contributed by atoms with Gasteiger partial charge in [-0.15, -0.1) is 0 Å². The number of nitrogens with two attached hydrogens (primary N) is 1. The Morgan fingerprint density at radius 3 is 2.13 bits per heavy atom. The van der Waals surface area contributed by atoms with Crippen LogP contribution in [0.5, 0.6) is 0 Å². The van der Waals surface area contributed by atoms with Crippen LogP contribution in [0, 0.1) is 0 Å². The number of rotatable bonds is 4. The molecule has 0 fully saturated rings. The molecule has 0 aliphatic rings. The Kier molecular flexibility index (Phi) is 3.45. The van der Waals surface area contributed by atoms with E-state index in [2.05, 4.69) is 0 Å². The van der Waals surface area contributed by atoms with Gasteiger partial charge in [0, 0.05) is 6.42 Å². The van der Waals surface area contributed by atoms with Crippen LogP contribution in [0.4, 0.5) is 8.78 Å². The van der Waals surface area contributed by atoms with Crippen LogP contribution in [0.1, 0.15) is 25.8 Å². The molecule has 0 aliphatic carbocycles. The summed E-state index contributed by atoms with van der Waals surface area (Å²) in [6.07, 6.45) is -0.283. The van der Waals surface area contributed by atoms with Gasteiger partial charge in [-0.1, -0.05) is 44.2 Å². The standard InChI is InChI=1S/C12H17F2N/c1-11(2,12(13,14)8-9-15)10-6-4-3-5-7-10/h3-7H,8-9,15H2,1-2H3. The van der Waals surface area contributed by atoms with E-state index in [1.807, 2.05) is 6.07 Å². The Bertz CT molecular complexity index is 307. The maximum atomic E-state index is 13.8. The Balaban J connectivity index is 3.01. The number of benzene rings is 1. The van der Waals surface area contributed by atoms with E-state index in [1.54, 1.807) is 38.1 Å². The van der Waals surface area contributed by atoms with E-state index in [4.69, 9.17) is 5.73 Å². The molecule has 0 amide bonds. The second-order valence-electron chi connectivity index (χ2n) is 4.23. The van der Waals surface area contributed by atoms with Crippen LogP contribution in [-0.4, -0.2) is 12.5 Å². The van der Waals surface area contributed by atoms with Crippen LogP contribution in [0.25, 0.3) is 0 Å². The summed E-state index contributed by atoms with van der Waals surface area (Å²) >= 11 is 0. The lowest BCUT2D eigenvalue weighted by molar-refractivity contribution is -0.0701. The van der Waals surface area contributed by atoms with Crippen molar-refractivity contribution in [2.75, 3.05) is 6.54 Å². The minimum Gasteiger partial charge on any atom is -0.330 e. The summed E-state index contributed by atoms with van der Waals surface area (Å²) in [5.74, 6) is -2.77. The molecule has 84 valence electrons. The SMILES string of the molecule is CC(C)(c1ccccc1)C(F)(F)CCN. The summed E-state index contributed by atoms with van der Waals surface area (Å²) in [7, 11) is 0. The highest BCUT2D eigenvalue weighted by Crippen LogP contribution is 2.41. The number of halogens is 2. The summed E-state index contributed by atoms with van der Waals surface area (Å²) in [6.45, 7) is 3.11. The molecule has 0 aromatic heterocycles. The lowest BCUT2D eigenvalue weighted by atomic mass is 9.77. The second kappa shape index (κ2) is 4.27. The van der Waals surface area contributed by atoms with Gasteiger partial charge in [0.05, 0.1) is 5.41 Å². The molecule has 0 spiro atoms. The fourth-order valence-electron chi connectivity index (χ4n) is 1.56. The average Bonchev–Trinajstić information content (AvgIpc) is 2.19. The highest BCUT2D eigenvalue weighted by Gasteiger charge is 2.46. The monoisotopic (exact) mass is 213 g/mol. The Labute approximate surface area is 89.3 Å². The number of alkyl halides is 2. The molecule has 0 radical (unpaired) electrons. The molecule has 1 aromatic carbocycles. The van der Waals surface area contributed by atoms with Crippen LogP contribution < -0.4 is 5.73 Å². The molecule has 0 heterocycles. The topological polar surface area (TPSA) is 26.0 Å². The fourth-order valence-corrected chi connectivity index (χ4v) is 1.56. The largest absolute Gasteiger partial charge is 0.330 e. The van der Waals surface area contributed by atoms with Crippen LogP contribution in [0.2, 0.25) is 0 Å². The number of hydrogen-bond donors (Lipinski definition) is 1. The molecule has 1 nitrogen and oxygen atoms in total. The summed E-state index contributed by atoms with van der Waals surface area (Å²) in [6, 6.07) is 8.82. The van der Waals surface area contributed by atoms with Crippen LogP contribution in [0.15, 0.2) is 30.3 Å². The van der Waals surface area contributed by atoms with Crippen molar-refractivity contribution in [2.24, 2.45) is 5.73 Å². The van der Waals surface area contributed by atoms with Crippen molar-refractivity contribution in [3.05, 3.63) is 35.9 Å². The zero-order chi connectivity index (χ0) is 11.5. The van der Waals surface area contributed by atoms with E-state index < -0.39 is 11.3 Å². The molecule has 0 bridgehead atoms. The van der Waals surface area contributed by atoms with Crippen molar-refractivity contribution in [1.82, 2.24) is 0 Å². The van der Waals surface area contributed by atoms with E-state index in [0.29, 0.717) is 5.56 Å². The normalized spacial score (nSPS) is 12.9. The molecular formula is C12H17F2N. The van der Waals surface area contributed by atoms with E-state index in [-0.39, 0.29) is 13.0 Å². The van der Waals surface area contributed by atoms with Crippen molar-refractivity contribution >= 4 is 0 Å². The predicted octanol–water partition coefficient (Wildman–Crippen LogP) is 2.95. The van der Waals surface area contributed by atoms with Crippen molar-refractivity contribution in [3.8, 4) is 0 Å². The molecule has 3 heteroatoms.